The Labute approximate surface area is 143 Å². The van der Waals surface area contributed by atoms with Crippen LogP contribution in [-0.4, -0.2) is 36.9 Å². The van der Waals surface area contributed by atoms with Gasteiger partial charge < -0.3 is 4.90 Å². The van der Waals surface area contributed by atoms with Crippen LogP contribution in [0.25, 0.3) is 0 Å². The smallest absolute Gasteiger partial charge is 0.223 e. The second kappa shape index (κ2) is 6.79. The molecule has 24 heavy (non-hydrogen) atoms. The van der Waals surface area contributed by atoms with Crippen LogP contribution < -0.4 is 0 Å². The number of piperidine rings is 1. The van der Waals surface area contributed by atoms with Crippen LogP contribution in [0.3, 0.4) is 0 Å². The van der Waals surface area contributed by atoms with E-state index in [-0.39, 0.29) is 11.9 Å². The van der Waals surface area contributed by atoms with Crippen molar-refractivity contribution >= 4 is 5.91 Å². The van der Waals surface area contributed by atoms with Crippen molar-refractivity contribution in [2.45, 2.75) is 52.0 Å². The summed E-state index contributed by atoms with van der Waals surface area (Å²) in [5, 5.41) is 8.97. The van der Waals surface area contributed by atoms with Crippen molar-refractivity contribution in [3.05, 3.63) is 34.9 Å². The zero-order valence-electron chi connectivity index (χ0n) is 15.1. The van der Waals surface area contributed by atoms with Crippen molar-refractivity contribution in [2.75, 3.05) is 6.54 Å². The highest BCUT2D eigenvalue weighted by atomic mass is 16.2. The van der Waals surface area contributed by atoms with Gasteiger partial charge in [0.25, 0.3) is 0 Å². The molecule has 0 N–H and O–H groups in total. The Morgan fingerprint density at radius 2 is 2.04 bits per heavy atom. The molecule has 1 saturated heterocycles. The molecule has 6 nitrogen and oxygen atoms in total. The van der Waals surface area contributed by atoms with E-state index in [0.29, 0.717) is 6.42 Å². The van der Waals surface area contributed by atoms with Crippen molar-refractivity contribution in [1.29, 1.82) is 0 Å². The van der Waals surface area contributed by atoms with Crippen LogP contribution in [0, 0.1) is 13.8 Å². The number of rotatable bonds is 4. The summed E-state index contributed by atoms with van der Waals surface area (Å²) >= 11 is 0. The van der Waals surface area contributed by atoms with Gasteiger partial charge in [-0.05, 0) is 51.2 Å². The Bertz CT molecular complexity index is 730. The monoisotopic (exact) mass is 329 g/mol. The molecule has 0 spiro atoms. The highest BCUT2D eigenvalue weighted by Gasteiger charge is 2.29. The number of hydrogen-bond donors (Lipinski definition) is 0. The van der Waals surface area contributed by atoms with E-state index in [2.05, 4.69) is 17.1 Å². The number of nitrogens with zero attached hydrogens (tertiary/aromatic N) is 5. The van der Waals surface area contributed by atoms with Crippen LogP contribution in [0.15, 0.2) is 12.3 Å². The van der Waals surface area contributed by atoms with Gasteiger partial charge in [-0.25, -0.2) is 0 Å². The third-order valence-corrected chi connectivity index (χ3v) is 5.15. The number of amides is 1. The van der Waals surface area contributed by atoms with Crippen LogP contribution in [0.5, 0.6) is 0 Å². The van der Waals surface area contributed by atoms with E-state index >= 15 is 0 Å². The molecule has 0 saturated carbocycles. The molecule has 3 rings (SSSR count). The summed E-state index contributed by atoms with van der Waals surface area (Å²) in [5.41, 5.74) is 4.40. The minimum atomic E-state index is 0.128. The first kappa shape index (κ1) is 16.7. The van der Waals surface area contributed by atoms with E-state index in [1.165, 1.54) is 5.56 Å². The molecular weight excluding hydrogens is 302 g/mol. The fourth-order valence-electron chi connectivity index (χ4n) is 3.70. The molecule has 1 fully saturated rings. The number of aromatic nitrogens is 4. The fraction of sp³-hybridized carbons (Fsp3) is 0.611. The molecule has 6 heteroatoms. The maximum atomic E-state index is 12.9. The molecule has 1 atom stereocenters. The summed E-state index contributed by atoms with van der Waals surface area (Å²) in [6, 6.07) is 2.16. The Morgan fingerprint density at radius 1 is 1.25 bits per heavy atom. The lowest BCUT2D eigenvalue weighted by atomic mass is 9.98. The molecule has 0 aromatic carbocycles. The van der Waals surface area contributed by atoms with E-state index in [1.807, 2.05) is 47.5 Å². The minimum Gasteiger partial charge on any atom is -0.334 e. The van der Waals surface area contributed by atoms with Crippen LogP contribution in [0.1, 0.15) is 54.4 Å². The van der Waals surface area contributed by atoms with Gasteiger partial charge in [-0.3, -0.25) is 14.2 Å². The van der Waals surface area contributed by atoms with Gasteiger partial charge in [0.1, 0.15) is 0 Å². The molecule has 0 bridgehead atoms. The predicted octanol–water partition coefficient (Wildman–Crippen LogP) is 2.46. The van der Waals surface area contributed by atoms with E-state index in [4.69, 9.17) is 0 Å². The Kier molecular flexibility index (Phi) is 4.73. The molecule has 3 heterocycles. The normalized spacial score (nSPS) is 18.2. The average molecular weight is 329 g/mol. The van der Waals surface area contributed by atoms with Gasteiger partial charge in [0, 0.05) is 39.0 Å². The highest BCUT2D eigenvalue weighted by molar-refractivity contribution is 5.77. The van der Waals surface area contributed by atoms with E-state index in [1.54, 1.807) is 0 Å². The number of aryl methyl sites for hydroxylation is 3. The largest absolute Gasteiger partial charge is 0.334 e. The quantitative estimate of drug-likeness (QED) is 0.866. The van der Waals surface area contributed by atoms with Crippen molar-refractivity contribution in [3.8, 4) is 0 Å². The second-order valence-corrected chi connectivity index (χ2v) is 6.79. The van der Waals surface area contributed by atoms with Gasteiger partial charge in [0.05, 0.1) is 17.4 Å². The van der Waals surface area contributed by atoms with Crippen molar-refractivity contribution in [2.24, 2.45) is 14.1 Å². The molecule has 130 valence electrons. The third-order valence-electron chi connectivity index (χ3n) is 5.15. The van der Waals surface area contributed by atoms with Gasteiger partial charge in [-0.15, -0.1) is 0 Å². The number of likely N-dealkylation sites (tertiary alicyclic amines) is 1. The molecule has 0 radical (unpaired) electrons. The van der Waals surface area contributed by atoms with Gasteiger partial charge in [-0.1, -0.05) is 0 Å². The predicted molar refractivity (Wildman–Crippen MR) is 92.5 cm³/mol. The summed E-state index contributed by atoms with van der Waals surface area (Å²) in [4.78, 5) is 14.9. The van der Waals surface area contributed by atoms with Gasteiger partial charge >= 0.3 is 0 Å². The zero-order valence-corrected chi connectivity index (χ0v) is 15.1. The summed E-state index contributed by atoms with van der Waals surface area (Å²) < 4.78 is 3.71. The van der Waals surface area contributed by atoms with Crippen molar-refractivity contribution in [1.82, 2.24) is 24.5 Å². The molecule has 0 aliphatic carbocycles. The fourth-order valence-corrected chi connectivity index (χ4v) is 3.70. The number of hydrogen-bond acceptors (Lipinski definition) is 3. The molecule has 2 aromatic rings. The summed E-state index contributed by atoms with van der Waals surface area (Å²) in [7, 11) is 3.88. The van der Waals surface area contributed by atoms with Gasteiger partial charge in [0.2, 0.25) is 5.91 Å². The lowest BCUT2D eigenvalue weighted by Gasteiger charge is -2.35. The van der Waals surface area contributed by atoms with Crippen molar-refractivity contribution in [3.63, 3.8) is 0 Å². The topological polar surface area (TPSA) is 56.0 Å². The lowest BCUT2D eigenvalue weighted by molar-refractivity contribution is -0.135. The van der Waals surface area contributed by atoms with Crippen molar-refractivity contribution < 1.29 is 4.79 Å². The first-order chi connectivity index (χ1) is 11.5. The SMILES string of the molecule is Cc1nn(C)c(C)c1CCC(=O)N1CCCC[C@H]1c1ccn(C)n1. The molecular formula is C18H27N5O. The minimum absolute atomic E-state index is 0.128. The van der Waals surface area contributed by atoms with Crippen LogP contribution in [-0.2, 0) is 25.3 Å². The van der Waals surface area contributed by atoms with Crippen LogP contribution in [0.2, 0.25) is 0 Å². The van der Waals surface area contributed by atoms with Gasteiger partial charge in [0.15, 0.2) is 0 Å². The van der Waals surface area contributed by atoms with Gasteiger partial charge in [-0.2, -0.15) is 10.2 Å². The molecule has 2 aromatic heterocycles. The summed E-state index contributed by atoms with van der Waals surface area (Å²) in [6.07, 6.45) is 6.50. The lowest BCUT2D eigenvalue weighted by Crippen LogP contribution is -2.38. The van der Waals surface area contributed by atoms with Crippen LogP contribution in [0.4, 0.5) is 0 Å². The van der Waals surface area contributed by atoms with Crippen LogP contribution >= 0.6 is 0 Å². The molecule has 0 unspecified atom stereocenters. The van der Waals surface area contributed by atoms with E-state index < -0.39 is 0 Å². The maximum Gasteiger partial charge on any atom is 0.223 e. The Balaban J connectivity index is 1.70. The third kappa shape index (κ3) is 3.23. The Morgan fingerprint density at radius 3 is 2.67 bits per heavy atom. The Hall–Kier alpha value is -2.11. The second-order valence-electron chi connectivity index (χ2n) is 6.79. The average Bonchev–Trinajstić information content (AvgIpc) is 3.10. The number of carbonyl (C=O) groups excluding carboxylic acids is 1. The van der Waals surface area contributed by atoms with E-state index in [0.717, 1.165) is 49.3 Å². The summed E-state index contributed by atoms with van der Waals surface area (Å²) in [5.74, 6) is 0.230. The van der Waals surface area contributed by atoms with E-state index in [9.17, 15) is 4.79 Å². The molecule has 1 aliphatic heterocycles. The molecule has 1 aliphatic rings. The zero-order chi connectivity index (χ0) is 17.3. The summed E-state index contributed by atoms with van der Waals surface area (Å²) in [6.45, 7) is 4.92. The first-order valence-corrected chi connectivity index (χ1v) is 8.75. The molecule has 1 amide bonds. The number of carbonyl (C=O) groups is 1. The first-order valence-electron chi connectivity index (χ1n) is 8.75. The maximum absolute atomic E-state index is 12.9. The standard InChI is InChI=1S/C18H27N5O/c1-13-15(14(2)22(4)19-13)8-9-18(24)23-11-6-5-7-17(23)16-10-12-21(3)20-16/h10,12,17H,5-9,11H2,1-4H3/t17-/m0/s1. The highest BCUT2D eigenvalue weighted by Crippen LogP contribution is 2.30.